The number of alkyl carbamates (subject to hydrolysis) is 1. The van der Waals surface area contributed by atoms with Gasteiger partial charge in [0.1, 0.15) is 0 Å². The predicted molar refractivity (Wildman–Crippen MR) is 94.1 cm³/mol. The summed E-state index contributed by atoms with van der Waals surface area (Å²) in [6.07, 6.45) is 0.985. The van der Waals surface area contributed by atoms with Gasteiger partial charge < -0.3 is 15.0 Å². The summed E-state index contributed by atoms with van der Waals surface area (Å²) >= 11 is 0. The molecule has 0 spiro atoms. The first-order valence-corrected chi connectivity index (χ1v) is 9.12. The van der Waals surface area contributed by atoms with E-state index in [1.807, 2.05) is 11.8 Å². The van der Waals surface area contributed by atoms with E-state index in [-0.39, 0.29) is 17.4 Å². The minimum absolute atomic E-state index is 0.0385. The molecule has 0 bridgehead atoms. The van der Waals surface area contributed by atoms with E-state index >= 15 is 0 Å². The van der Waals surface area contributed by atoms with Gasteiger partial charge in [-0.25, -0.2) is 4.79 Å². The zero-order valence-corrected chi connectivity index (χ0v) is 15.1. The Labute approximate surface area is 148 Å². The first-order chi connectivity index (χ1) is 11.9. The number of carbonyl (C=O) groups is 2. The minimum atomic E-state index is -0.420. The van der Waals surface area contributed by atoms with E-state index < -0.39 is 6.09 Å². The number of aryl methyl sites for hydroxylation is 1. The lowest BCUT2D eigenvalue weighted by Crippen LogP contribution is -2.58. The van der Waals surface area contributed by atoms with Gasteiger partial charge in [0.05, 0.1) is 7.11 Å². The second-order valence-electron chi connectivity index (χ2n) is 8.24. The molecule has 3 fully saturated rings. The van der Waals surface area contributed by atoms with Crippen molar-refractivity contribution >= 4 is 12.0 Å². The lowest BCUT2D eigenvalue weighted by atomic mass is 9.69. The van der Waals surface area contributed by atoms with Crippen LogP contribution in [0.1, 0.15) is 36.8 Å². The fourth-order valence-corrected chi connectivity index (χ4v) is 4.99. The SMILES string of the molecule is COC(=O)N[C@]1(C)C[C@H](C(=O)N2C[C@@H]3[C@H](C2)[C@H]3c2ccccc2C)C1. The molecule has 2 saturated carbocycles. The monoisotopic (exact) mass is 342 g/mol. The van der Waals surface area contributed by atoms with Gasteiger partial charge in [0, 0.05) is 24.5 Å². The van der Waals surface area contributed by atoms with Crippen LogP contribution in [0.5, 0.6) is 0 Å². The van der Waals surface area contributed by atoms with Crippen LogP contribution in [0, 0.1) is 24.7 Å². The number of rotatable bonds is 3. The summed E-state index contributed by atoms with van der Waals surface area (Å²) in [7, 11) is 1.36. The van der Waals surface area contributed by atoms with Gasteiger partial charge in [-0.2, -0.15) is 0 Å². The van der Waals surface area contributed by atoms with Crippen molar-refractivity contribution in [2.45, 2.75) is 38.1 Å². The molecule has 1 aromatic carbocycles. The highest BCUT2D eigenvalue weighted by atomic mass is 16.5. The molecular formula is C20H26N2O3. The molecule has 5 heteroatoms. The Balaban J connectivity index is 1.30. The quantitative estimate of drug-likeness (QED) is 0.919. The van der Waals surface area contributed by atoms with Crippen LogP contribution in [0.25, 0.3) is 0 Å². The normalized spacial score (nSPS) is 35.6. The third-order valence-electron chi connectivity index (χ3n) is 6.39. The molecule has 3 atom stereocenters. The van der Waals surface area contributed by atoms with Crippen LogP contribution in [0.2, 0.25) is 0 Å². The molecule has 1 saturated heterocycles. The third-order valence-corrected chi connectivity index (χ3v) is 6.39. The van der Waals surface area contributed by atoms with Crippen LogP contribution in [0.15, 0.2) is 24.3 Å². The molecule has 3 aliphatic rings. The topological polar surface area (TPSA) is 58.6 Å². The second kappa shape index (κ2) is 5.75. The molecule has 5 nitrogen and oxygen atoms in total. The number of benzene rings is 1. The van der Waals surface area contributed by atoms with E-state index in [1.165, 1.54) is 18.2 Å². The molecule has 134 valence electrons. The van der Waals surface area contributed by atoms with E-state index in [9.17, 15) is 9.59 Å². The smallest absolute Gasteiger partial charge is 0.407 e. The van der Waals surface area contributed by atoms with Gasteiger partial charge in [-0.05, 0) is 55.6 Å². The third kappa shape index (κ3) is 2.79. The Bertz CT molecular complexity index is 699. The molecule has 2 amide bonds. The lowest BCUT2D eigenvalue weighted by molar-refractivity contribution is -0.140. The highest BCUT2D eigenvalue weighted by Crippen LogP contribution is 2.59. The number of hydrogen-bond donors (Lipinski definition) is 1. The molecule has 1 N–H and O–H groups in total. The van der Waals surface area contributed by atoms with Gasteiger partial charge in [-0.15, -0.1) is 0 Å². The molecule has 1 aliphatic heterocycles. The van der Waals surface area contributed by atoms with Crippen LogP contribution >= 0.6 is 0 Å². The average molecular weight is 342 g/mol. The standard InChI is InChI=1S/C20H26N2O3/c1-12-6-4-5-7-14(12)17-15-10-22(11-16(15)17)18(23)13-8-20(2,9-13)21-19(24)25-3/h4-7,13,15-17H,8-11H2,1-3H3,(H,21,24)/t13-,15-,16+,17+,20+. The maximum Gasteiger partial charge on any atom is 0.407 e. The Morgan fingerprint density at radius 1 is 1.20 bits per heavy atom. The van der Waals surface area contributed by atoms with E-state index in [0.717, 1.165) is 13.1 Å². The number of likely N-dealkylation sites (tertiary alicyclic amines) is 1. The predicted octanol–water partition coefficient (Wildman–Crippen LogP) is 2.69. The fourth-order valence-electron chi connectivity index (χ4n) is 4.99. The van der Waals surface area contributed by atoms with Gasteiger partial charge in [0.25, 0.3) is 0 Å². The second-order valence-corrected chi connectivity index (χ2v) is 8.24. The molecule has 2 aliphatic carbocycles. The minimum Gasteiger partial charge on any atom is -0.453 e. The van der Waals surface area contributed by atoms with Crippen molar-refractivity contribution in [1.29, 1.82) is 0 Å². The Kier molecular flexibility index (Phi) is 3.78. The number of nitrogens with one attached hydrogen (secondary N) is 1. The summed E-state index contributed by atoms with van der Waals surface area (Å²) < 4.78 is 4.66. The fraction of sp³-hybridized carbons (Fsp3) is 0.600. The van der Waals surface area contributed by atoms with Crippen molar-refractivity contribution in [2.24, 2.45) is 17.8 Å². The first-order valence-electron chi connectivity index (χ1n) is 9.12. The maximum absolute atomic E-state index is 12.7. The first kappa shape index (κ1) is 16.4. The molecule has 0 unspecified atom stereocenters. The molecular weight excluding hydrogens is 316 g/mol. The van der Waals surface area contributed by atoms with E-state index in [1.54, 1.807) is 0 Å². The number of ether oxygens (including phenoxy) is 1. The van der Waals surface area contributed by atoms with Crippen LogP contribution in [-0.4, -0.2) is 42.6 Å². The number of fused-ring (bicyclic) bond motifs is 1. The summed E-state index contributed by atoms with van der Waals surface area (Å²) in [4.78, 5) is 26.1. The van der Waals surface area contributed by atoms with Crippen molar-refractivity contribution in [3.05, 3.63) is 35.4 Å². The van der Waals surface area contributed by atoms with Crippen molar-refractivity contribution in [3.8, 4) is 0 Å². The largest absolute Gasteiger partial charge is 0.453 e. The highest BCUT2D eigenvalue weighted by Gasteiger charge is 2.58. The number of methoxy groups -OCH3 is 1. The zero-order valence-electron chi connectivity index (χ0n) is 15.1. The van der Waals surface area contributed by atoms with E-state index in [0.29, 0.717) is 30.6 Å². The van der Waals surface area contributed by atoms with Gasteiger partial charge in [0.2, 0.25) is 5.91 Å². The molecule has 1 aromatic rings. The van der Waals surface area contributed by atoms with Crippen molar-refractivity contribution < 1.29 is 14.3 Å². The van der Waals surface area contributed by atoms with E-state index in [4.69, 9.17) is 0 Å². The van der Waals surface area contributed by atoms with Crippen LogP contribution < -0.4 is 5.32 Å². The van der Waals surface area contributed by atoms with E-state index in [2.05, 4.69) is 41.2 Å². The molecule has 0 radical (unpaired) electrons. The number of amides is 2. The van der Waals surface area contributed by atoms with Crippen molar-refractivity contribution in [2.75, 3.05) is 20.2 Å². The van der Waals surface area contributed by atoms with Gasteiger partial charge in [-0.1, -0.05) is 24.3 Å². The van der Waals surface area contributed by atoms with Gasteiger partial charge >= 0.3 is 6.09 Å². The van der Waals surface area contributed by atoms with Crippen LogP contribution in [0.4, 0.5) is 4.79 Å². The zero-order chi connectivity index (χ0) is 17.8. The molecule has 0 aromatic heterocycles. The maximum atomic E-state index is 12.7. The average Bonchev–Trinajstić information content (AvgIpc) is 3.04. The Morgan fingerprint density at radius 3 is 2.44 bits per heavy atom. The highest BCUT2D eigenvalue weighted by molar-refractivity contribution is 5.81. The summed E-state index contributed by atoms with van der Waals surface area (Å²) in [5.74, 6) is 2.20. The number of carbonyl (C=O) groups excluding carboxylic acids is 2. The molecule has 4 rings (SSSR count). The molecule has 1 heterocycles. The number of hydrogen-bond acceptors (Lipinski definition) is 3. The van der Waals surface area contributed by atoms with Crippen molar-refractivity contribution in [1.82, 2.24) is 10.2 Å². The van der Waals surface area contributed by atoms with Gasteiger partial charge in [0.15, 0.2) is 0 Å². The molecule has 25 heavy (non-hydrogen) atoms. The lowest BCUT2D eigenvalue weighted by Gasteiger charge is -2.45. The summed E-state index contributed by atoms with van der Waals surface area (Å²) in [6.45, 7) is 5.93. The Hall–Kier alpha value is -2.04. The van der Waals surface area contributed by atoms with Gasteiger partial charge in [-0.3, -0.25) is 4.79 Å². The van der Waals surface area contributed by atoms with Crippen molar-refractivity contribution in [3.63, 3.8) is 0 Å². The summed E-state index contributed by atoms with van der Waals surface area (Å²) in [5, 5.41) is 2.84. The van der Waals surface area contributed by atoms with Crippen LogP contribution in [0.3, 0.4) is 0 Å². The number of piperidine rings is 1. The van der Waals surface area contributed by atoms with Crippen LogP contribution in [-0.2, 0) is 9.53 Å². The summed E-state index contributed by atoms with van der Waals surface area (Å²) in [5.41, 5.74) is 2.52. The Morgan fingerprint density at radius 2 is 1.84 bits per heavy atom. The number of nitrogens with zero attached hydrogens (tertiary/aromatic N) is 1. The summed E-state index contributed by atoms with van der Waals surface area (Å²) in [6, 6.07) is 8.61.